The first kappa shape index (κ1) is 16.5. The molecule has 1 saturated carbocycles. The molecule has 1 N–H and O–H groups in total. The Labute approximate surface area is 142 Å². The highest BCUT2D eigenvalue weighted by Gasteiger charge is 2.27. The molecular formula is C16H18N4O3S. The molecular weight excluding hydrogens is 328 g/mol. The molecule has 0 saturated heterocycles. The van der Waals surface area contributed by atoms with Crippen LogP contribution in [-0.2, 0) is 4.79 Å². The summed E-state index contributed by atoms with van der Waals surface area (Å²) in [6.45, 7) is 4.80. The topological polar surface area (TPSA) is 94.0 Å². The van der Waals surface area contributed by atoms with Crippen molar-refractivity contribution in [3.05, 3.63) is 38.8 Å². The van der Waals surface area contributed by atoms with E-state index < -0.39 is 6.04 Å². The van der Waals surface area contributed by atoms with Gasteiger partial charge in [0.1, 0.15) is 6.04 Å². The van der Waals surface area contributed by atoms with Gasteiger partial charge in [0.05, 0.1) is 16.3 Å². The zero-order chi connectivity index (χ0) is 17.4. The molecule has 0 aliphatic heterocycles. The van der Waals surface area contributed by atoms with E-state index >= 15 is 0 Å². The molecule has 0 spiro atoms. The first-order valence-corrected chi connectivity index (χ1v) is 8.57. The Kier molecular flexibility index (Phi) is 4.31. The predicted octanol–water partition coefficient (Wildman–Crippen LogP) is 2.29. The van der Waals surface area contributed by atoms with Crippen LogP contribution in [0.25, 0.3) is 0 Å². The largest absolute Gasteiger partial charge is 0.300 e. The number of nitrogens with one attached hydrogen (secondary N) is 1. The Morgan fingerprint density at radius 1 is 1.38 bits per heavy atom. The number of thiazole rings is 1. The second kappa shape index (κ2) is 6.27. The summed E-state index contributed by atoms with van der Waals surface area (Å²) in [4.78, 5) is 40.6. The van der Waals surface area contributed by atoms with Crippen LogP contribution in [0.2, 0.25) is 0 Å². The van der Waals surface area contributed by atoms with Gasteiger partial charge in [0.25, 0.3) is 11.5 Å². The number of amides is 1. The van der Waals surface area contributed by atoms with E-state index in [2.05, 4.69) is 15.4 Å². The van der Waals surface area contributed by atoms with Gasteiger partial charge in [0.15, 0.2) is 10.9 Å². The Bertz CT molecular complexity index is 866. The van der Waals surface area contributed by atoms with Crippen LogP contribution in [0.3, 0.4) is 0 Å². The maximum atomic E-state index is 12.4. The molecule has 2 aromatic heterocycles. The molecule has 7 nitrogen and oxygen atoms in total. The number of rotatable bonds is 5. The molecule has 24 heavy (non-hydrogen) atoms. The van der Waals surface area contributed by atoms with Gasteiger partial charge in [0, 0.05) is 18.9 Å². The minimum Gasteiger partial charge on any atom is -0.300 e. The van der Waals surface area contributed by atoms with Crippen molar-refractivity contribution in [3.63, 3.8) is 0 Å². The Morgan fingerprint density at radius 3 is 2.67 bits per heavy atom. The van der Waals surface area contributed by atoms with E-state index in [4.69, 9.17) is 0 Å². The molecule has 0 aromatic carbocycles. The number of aromatic nitrogens is 3. The van der Waals surface area contributed by atoms with Gasteiger partial charge in [-0.2, -0.15) is 5.10 Å². The van der Waals surface area contributed by atoms with Crippen molar-refractivity contribution in [1.29, 1.82) is 0 Å². The monoisotopic (exact) mass is 346 g/mol. The number of hydrogen-bond acceptors (Lipinski definition) is 6. The van der Waals surface area contributed by atoms with E-state index in [1.54, 1.807) is 19.9 Å². The van der Waals surface area contributed by atoms with Gasteiger partial charge in [-0.05, 0) is 32.8 Å². The third-order valence-corrected chi connectivity index (χ3v) is 5.11. The molecule has 1 unspecified atom stereocenters. The van der Waals surface area contributed by atoms with Gasteiger partial charge >= 0.3 is 0 Å². The summed E-state index contributed by atoms with van der Waals surface area (Å²) in [5.41, 5.74) is 1.11. The van der Waals surface area contributed by atoms with E-state index in [1.807, 2.05) is 0 Å². The number of carbonyl (C=O) groups is 2. The van der Waals surface area contributed by atoms with Crippen LogP contribution in [0, 0.1) is 6.92 Å². The zero-order valence-electron chi connectivity index (χ0n) is 13.7. The molecule has 3 rings (SSSR count). The molecule has 1 aliphatic carbocycles. The number of anilines is 1. The molecule has 1 atom stereocenters. The number of nitrogens with zero attached hydrogens (tertiary/aromatic N) is 3. The van der Waals surface area contributed by atoms with Crippen LogP contribution in [-0.4, -0.2) is 26.5 Å². The minimum atomic E-state index is -0.763. The van der Waals surface area contributed by atoms with Crippen molar-refractivity contribution in [2.75, 3.05) is 5.32 Å². The number of hydrogen-bond donors (Lipinski definition) is 1. The maximum Gasteiger partial charge on any atom is 0.267 e. The molecule has 0 bridgehead atoms. The van der Waals surface area contributed by atoms with Gasteiger partial charge in [0.2, 0.25) is 0 Å². The first-order chi connectivity index (χ1) is 11.4. The van der Waals surface area contributed by atoms with Crippen molar-refractivity contribution in [3.8, 4) is 0 Å². The Morgan fingerprint density at radius 2 is 2.08 bits per heavy atom. The lowest BCUT2D eigenvalue weighted by Crippen LogP contribution is -2.33. The molecule has 8 heteroatoms. The van der Waals surface area contributed by atoms with Crippen molar-refractivity contribution < 1.29 is 9.59 Å². The minimum absolute atomic E-state index is 0.0893. The van der Waals surface area contributed by atoms with Crippen LogP contribution in [0.1, 0.15) is 59.7 Å². The molecule has 126 valence electrons. The quantitative estimate of drug-likeness (QED) is 0.838. The van der Waals surface area contributed by atoms with Crippen molar-refractivity contribution in [2.24, 2.45) is 0 Å². The van der Waals surface area contributed by atoms with E-state index in [9.17, 15) is 14.4 Å². The van der Waals surface area contributed by atoms with E-state index in [-0.39, 0.29) is 17.2 Å². The lowest BCUT2D eigenvalue weighted by molar-refractivity contribution is -0.119. The van der Waals surface area contributed by atoms with Gasteiger partial charge < -0.3 is 5.32 Å². The lowest BCUT2D eigenvalue weighted by atomic mass is 10.2. The van der Waals surface area contributed by atoms with Crippen molar-refractivity contribution >= 4 is 28.2 Å². The summed E-state index contributed by atoms with van der Waals surface area (Å²) < 4.78 is 1.20. The van der Waals surface area contributed by atoms with Gasteiger partial charge in [-0.25, -0.2) is 9.67 Å². The maximum absolute atomic E-state index is 12.4. The smallest absolute Gasteiger partial charge is 0.267 e. The van der Waals surface area contributed by atoms with Crippen LogP contribution < -0.4 is 10.9 Å². The normalized spacial score (nSPS) is 15.1. The van der Waals surface area contributed by atoms with Crippen molar-refractivity contribution in [2.45, 2.75) is 45.6 Å². The summed E-state index contributed by atoms with van der Waals surface area (Å²) in [6, 6.07) is 2.41. The van der Waals surface area contributed by atoms with Gasteiger partial charge in [-0.3, -0.25) is 14.4 Å². The molecule has 1 amide bonds. The van der Waals surface area contributed by atoms with Gasteiger partial charge in [-0.15, -0.1) is 0 Å². The highest BCUT2D eigenvalue weighted by molar-refractivity contribution is 7.17. The highest BCUT2D eigenvalue weighted by atomic mass is 32.1. The molecule has 2 heterocycles. The third kappa shape index (κ3) is 3.28. The number of ketones is 1. The molecule has 1 aliphatic rings. The molecule has 0 radical (unpaired) electrons. The second-order valence-electron chi connectivity index (χ2n) is 5.97. The number of Topliss-reactive ketones (excluding diaryl/α,β-unsaturated/α-hetero) is 1. The Hall–Kier alpha value is -2.35. The second-order valence-corrected chi connectivity index (χ2v) is 6.97. The molecule has 1 fully saturated rings. The number of aryl methyl sites for hydroxylation is 1. The summed E-state index contributed by atoms with van der Waals surface area (Å²) in [5.74, 6) is -0.0817. The Balaban J connectivity index is 1.80. The van der Waals surface area contributed by atoms with Crippen LogP contribution >= 0.6 is 11.3 Å². The lowest BCUT2D eigenvalue weighted by Gasteiger charge is -2.13. The van der Waals surface area contributed by atoms with E-state index in [1.165, 1.54) is 17.7 Å². The fourth-order valence-electron chi connectivity index (χ4n) is 2.41. The fraction of sp³-hybridized carbons (Fsp3) is 0.438. The summed E-state index contributed by atoms with van der Waals surface area (Å²) >= 11 is 1.13. The summed E-state index contributed by atoms with van der Waals surface area (Å²) in [5, 5.41) is 7.33. The van der Waals surface area contributed by atoms with Crippen LogP contribution in [0.5, 0.6) is 0 Å². The highest BCUT2D eigenvalue weighted by Crippen LogP contribution is 2.38. The number of carbonyl (C=O) groups excluding carboxylic acids is 2. The average Bonchev–Trinajstić information content (AvgIpc) is 3.30. The zero-order valence-corrected chi connectivity index (χ0v) is 14.5. The van der Waals surface area contributed by atoms with Crippen LogP contribution in [0.15, 0.2) is 16.9 Å². The SMILES string of the molecule is CC(=O)c1sc(NC(=O)C(C)n2nc(C3CC3)ccc2=O)nc1C. The van der Waals surface area contributed by atoms with Gasteiger partial charge in [-0.1, -0.05) is 11.3 Å². The van der Waals surface area contributed by atoms with Crippen molar-refractivity contribution in [1.82, 2.24) is 14.8 Å². The first-order valence-electron chi connectivity index (χ1n) is 7.76. The average molecular weight is 346 g/mol. The van der Waals surface area contributed by atoms with E-state index in [0.717, 1.165) is 29.9 Å². The fourth-order valence-corrected chi connectivity index (χ4v) is 3.28. The summed E-state index contributed by atoms with van der Waals surface area (Å²) in [6.07, 6.45) is 2.13. The van der Waals surface area contributed by atoms with E-state index in [0.29, 0.717) is 21.6 Å². The standard InChI is InChI=1S/C16H18N4O3S/c1-8-14(10(3)21)24-16(17-8)18-15(23)9(2)20-13(22)7-6-12(19-20)11-4-5-11/h6-7,9,11H,4-5H2,1-3H3,(H,17,18,23). The summed E-state index contributed by atoms with van der Waals surface area (Å²) in [7, 11) is 0. The molecule has 2 aromatic rings. The third-order valence-electron chi connectivity index (χ3n) is 3.93. The van der Waals surface area contributed by atoms with Crippen LogP contribution in [0.4, 0.5) is 5.13 Å². The predicted molar refractivity (Wildman–Crippen MR) is 90.7 cm³/mol.